The lowest BCUT2D eigenvalue weighted by Gasteiger charge is -2.24. The van der Waals surface area contributed by atoms with Crippen LogP contribution in [0.4, 0.5) is 10.5 Å². The van der Waals surface area contributed by atoms with Gasteiger partial charge in [0.2, 0.25) is 0 Å². The number of nitro benzene ring substituents is 1. The van der Waals surface area contributed by atoms with Gasteiger partial charge < -0.3 is 14.8 Å². The van der Waals surface area contributed by atoms with Crippen LogP contribution in [0.2, 0.25) is 0 Å². The molecule has 0 spiro atoms. The van der Waals surface area contributed by atoms with Crippen molar-refractivity contribution in [3.05, 3.63) is 34.4 Å². The van der Waals surface area contributed by atoms with Crippen LogP contribution in [0.25, 0.3) is 0 Å². The molecule has 24 heavy (non-hydrogen) atoms. The van der Waals surface area contributed by atoms with Crippen molar-refractivity contribution in [3.63, 3.8) is 0 Å². The Morgan fingerprint density at radius 2 is 1.71 bits per heavy atom. The third-order valence-corrected chi connectivity index (χ3v) is 2.86. The average molecular weight is 338 g/mol. The van der Waals surface area contributed by atoms with Crippen LogP contribution in [0, 0.1) is 16.0 Å². The summed E-state index contributed by atoms with van der Waals surface area (Å²) in [5.41, 5.74) is -0.796. The van der Waals surface area contributed by atoms with Crippen molar-refractivity contribution in [2.45, 2.75) is 46.3 Å². The monoisotopic (exact) mass is 338 g/mol. The molecule has 8 nitrogen and oxygen atoms in total. The molecule has 1 amide bonds. The highest BCUT2D eigenvalue weighted by molar-refractivity contribution is 5.83. The van der Waals surface area contributed by atoms with Gasteiger partial charge in [-0.05, 0) is 38.8 Å². The molecule has 0 bridgehead atoms. The minimum atomic E-state index is -0.907. The van der Waals surface area contributed by atoms with Gasteiger partial charge in [0.1, 0.15) is 17.4 Å². The van der Waals surface area contributed by atoms with Gasteiger partial charge in [0.05, 0.1) is 4.92 Å². The first-order valence-corrected chi connectivity index (χ1v) is 7.45. The number of carbonyl (C=O) groups is 2. The summed E-state index contributed by atoms with van der Waals surface area (Å²) in [6.07, 6.45) is -0.721. The Hall–Kier alpha value is -2.64. The third kappa shape index (κ3) is 6.23. The Bertz CT molecular complexity index is 604. The Kier molecular flexibility index (Phi) is 6.27. The first kappa shape index (κ1) is 19.4. The molecule has 0 heterocycles. The lowest BCUT2D eigenvalue weighted by atomic mass is 10.1. The molecule has 1 rings (SSSR count). The van der Waals surface area contributed by atoms with Gasteiger partial charge in [-0.2, -0.15) is 0 Å². The van der Waals surface area contributed by atoms with E-state index in [0.717, 1.165) is 0 Å². The Labute approximate surface area is 140 Å². The summed E-state index contributed by atoms with van der Waals surface area (Å²) in [5.74, 6) is -0.755. The number of amides is 1. The highest BCUT2D eigenvalue weighted by Crippen LogP contribution is 2.18. The summed E-state index contributed by atoms with van der Waals surface area (Å²) in [6.45, 7) is 8.64. The van der Waals surface area contributed by atoms with Crippen molar-refractivity contribution in [2.24, 2.45) is 5.92 Å². The number of carbonyl (C=O) groups excluding carboxylic acids is 2. The summed E-state index contributed by atoms with van der Waals surface area (Å²) in [4.78, 5) is 34.1. The first-order valence-electron chi connectivity index (χ1n) is 7.45. The molecule has 1 aromatic carbocycles. The molecule has 0 saturated heterocycles. The fraction of sp³-hybridized carbons (Fsp3) is 0.500. The van der Waals surface area contributed by atoms with Crippen molar-refractivity contribution in [1.82, 2.24) is 5.32 Å². The number of esters is 1. The van der Waals surface area contributed by atoms with Crippen molar-refractivity contribution in [1.29, 1.82) is 0 Å². The highest BCUT2D eigenvalue weighted by Gasteiger charge is 2.28. The van der Waals surface area contributed by atoms with E-state index >= 15 is 0 Å². The van der Waals surface area contributed by atoms with E-state index in [-0.39, 0.29) is 17.4 Å². The van der Waals surface area contributed by atoms with Gasteiger partial charge in [0.25, 0.3) is 5.69 Å². The summed E-state index contributed by atoms with van der Waals surface area (Å²) in [6, 6.07) is 4.19. The van der Waals surface area contributed by atoms with E-state index in [1.165, 1.54) is 24.3 Å². The molecule has 8 heteroatoms. The fourth-order valence-corrected chi connectivity index (χ4v) is 1.75. The summed E-state index contributed by atoms with van der Waals surface area (Å²) >= 11 is 0. The number of non-ortho nitro benzene ring substituents is 1. The molecule has 0 fully saturated rings. The first-order chi connectivity index (χ1) is 11.0. The molecular formula is C16H22N2O6. The molecule has 132 valence electrons. The number of nitrogens with zero attached hydrogens (tertiary/aromatic N) is 1. The molecule has 1 aromatic rings. The molecule has 0 aliphatic carbocycles. The predicted molar refractivity (Wildman–Crippen MR) is 86.7 cm³/mol. The van der Waals surface area contributed by atoms with Gasteiger partial charge in [-0.25, -0.2) is 9.59 Å². The van der Waals surface area contributed by atoms with E-state index in [1.54, 1.807) is 34.6 Å². The van der Waals surface area contributed by atoms with Gasteiger partial charge in [-0.3, -0.25) is 10.1 Å². The van der Waals surface area contributed by atoms with Crippen LogP contribution in [-0.4, -0.2) is 28.6 Å². The SMILES string of the molecule is CC(C)C(NC(=O)OC(C)(C)C)C(=O)Oc1ccc([N+](=O)[O-])cc1. The van der Waals surface area contributed by atoms with Crippen molar-refractivity contribution in [3.8, 4) is 5.75 Å². The fourth-order valence-electron chi connectivity index (χ4n) is 1.75. The number of nitro groups is 1. The minimum absolute atomic E-state index is 0.109. The van der Waals surface area contributed by atoms with Crippen LogP contribution in [0.1, 0.15) is 34.6 Å². The average Bonchev–Trinajstić information content (AvgIpc) is 2.43. The lowest BCUT2D eigenvalue weighted by Crippen LogP contribution is -2.48. The molecule has 0 saturated carbocycles. The van der Waals surface area contributed by atoms with Crippen LogP contribution < -0.4 is 10.1 Å². The van der Waals surface area contributed by atoms with Crippen LogP contribution in [-0.2, 0) is 9.53 Å². The van der Waals surface area contributed by atoms with Gasteiger partial charge in [-0.15, -0.1) is 0 Å². The van der Waals surface area contributed by atoms with Crippen molar-refractivity contribution < 1.29 is 24.0 Å². The number of nitrogens with one attached hydrogen (secondary N) is 1. The standard InChI is InChI=1S/C16H22N2O6/c1-10(2)13(17-15(20)24-16(3,4)5)14(19)23-12-8-6-11(7-9-12)18(21)22/h6-10,13H,1-5H3,(H,17,20). The number of hydrogen-bond acceptors (Lipinski definition) is 6. The highest BCUT2D eigenvalue weighted by atomic mass is 16.6. The van der Waals surface area contributed by atoms with Crippen molar-refractivity contribution >= 4 is 17.7 Å². The molecule has 0 aromatic heterocycles. The molecule has 1 N–H and O–H groups in total. The second-order valence-electron chi connectivity index (χ2n) is 6.54. The Balaban J connectivity index is 2.76. The normalized spacial score (nSPS) is 12.4. The van der Waals surface area contributed by atoms with Crippen LogP contribution in [0.5, 0.6) is 5.75 Å². The van der Waals surface area contributed by atoms with Gasteiger partial charge >= 0.3 is 12.1 Å². The largest absolute Gasteiger partial charge is 0.444 e. The zero-order valence-corrected chi connectivity index (χ0v) is 14.4. The number of ether oxygens (including phenoxy) is 2. The zero-order valence-electron chi connectivity index (χ0n) is 14.4. The number of benzene rings is 1. The lowest BCUT2D eigenvalue weighted by molar-refractivity contribution is -0.384. The molecule has 1 unspecified atom stereocenters. The maximum Gasteiger partial charge on any atom is 0.408 e. The van der Waals surface area contributed by atoms with Crippen molar-refractivity contribution in [2.75, 3.05) is 0 Å². The third-order valence-electron chi connectivity index (χ3n) is 2.86. The smallest absolute Gasteiger partial charge is 0.408 e. The predicted octanol–water partition coefficient (Wildman–Crippen LogP) is 3.05. The van der Waals surface area contributed by atoms with Gasteiger partial charge in [0, 0.05) is 12.1 Å². The Morgan fingerprint density at radius 1 is 1.17 bits per heavy atom. The summed E-state index contributed by atoms with van der Waals surface area (Å²) in [7, 11) is 0. The molecule has 0 radical (unpaired) electrons. The van der Waals surface area contributed by atoms with E-state index in [4.69, 9.17) is 9.47 Å². The summed E-state index contributed by atoms with van der Waals surface area (Å²) in [5, 5.41) is 13.1. The van der Waals surface area contributed by atoms with Crippen LogP contribution in [0.3, 0.4) is 0 Å². The second-order valence-corrected chi connectivity index (χ2v) is 6.54. The molecule has 0 aliphatic heterocycles. The molecule has 0 aliphatic rings. The van der Waals surface area contributed by atoms with Gasteiger partial charge in [-0.1, -0.05) is 13.8 Å². The minimum Gasteiger partial charge on any atom is -0.444 e. The van der Waals surface area contributed by atoms with Crippen LogP contribution >= 0.6 is 0 Å². The van der Waals surface area contributed by atoms with Crippen LogP contribution in [0.15, 0.2) is 24.3 Å². The van der Waals surface area contributed by atoms with Gasteiger partial charge in [0.15, 0.2) is 0 Å². The van der Waals surface area contributed by atoms with E-state index in [0.29, 0.717) is 0 Å². The molecule has 1 atom stereocenters. The molecular weight excluding hydrogens is 316 g/mol. The van der Waals surface area contributed by atoms with E-state index in [1.807, 2.05) is 0 Å². The zero-order chi connectivity index (χ0) is 18.5. The maximum absolute atomic E-state index is 12.2. The van der Waals surface area contributed by atoms with E-state index in [2.05, 4.69) is 5.32 Å². The quantitative estimate of drug-likeness (QED) is 0.382. The topological polar surface area (TPSA) is 108 Å². The van der Waals surface area contributed by atoms with E-state index < -0.39 is 28.6 Å². The Morgan fingerprint density at radius 3 is 2.12 bits per heavy atom. The number of rotatable bonds is 5. The van der Waals surface area contributed by atoms with E-state index in [9.17, 15) is 19.7 Å². The maximum atomic E-state index is 12.2. The number of hydrogen-bond donors (Lipinski definition) is 1. The second kappa shape index (κ2) is 7.76. The number of alkyl carbamates (subject to hydrolysis) is 1. The summed E-state index contributed by atoms with van der Waals surface area (Å²) < 4.78 is 10.3.